The van der Waals surface area contributed by atoms with Crippen LogP contribution >= 0.6 is 0 Å². The van der Waals surface area contributed by atoms with Crippen LogP contribution in [0, 0.1) is 0 Å². The number of anilines is 1. The van der Waals surface area contributed by atoms with Gasteiger partial charge in [0.1, 0.15) is 5.82 Å². The number of nitrogens with zero attached hydrogens (tertiary/aromatic N) is 3. The molecule has 20 heavy (non-hydrogen) atoms. The van der Waals surface area contributed by atoms with Crippen molar-refractivity contribution in [3.8, 4) is 0 Å². The van der Waals surface area contributed by atoms with Gasteiger partial charge in [-0.25, -0.2) is 9.78 Å². The number of pyridine rings is 1. The third-order valence-corrected chi connectivity index (χ3v) is 3.34. The molecular weight excluding hydrogens is 256 g/mol. The maximum absolute atomic E-state index is 12.1. The molecule has 1 aromatic heterocycles. The van der Waals surface area contributed by atoms with E-state index in [0.29, 0.717) is 26.3 Å². The molecule has 0 aromatic carbocycles. The number of nitrogens with one attached hydrogen (secondary N) is 1. The second-order valence-corrected chi connectivity index (χ2v) is 5.19. The van der Waals surface area contributed by atoms with Gasteiger partial charge in [0.15, 0.2) is 0 Å². The summed E-state index contributed by atoms with van der Waals surface area (Å²) in [5.41, 5.74) is 1.04. The molecule has 2 rings (SSSR count). The summed E-state index contributed by atoms with van der Waals surface area (Å²) in [4.78, 5) is 20.1. The molecule has 0 radical (unpaired) electrons. The van der Waals surface area contributed by atoms with Gasteiger partial charge in [-0.2, -0.15) is 0 Å². The summed E-state index contributed by atoms with van der Waals surface area (Å²) in [6.07, 6.45) is 1.76. The highest BCUT2D eigenvalue weighted by atomic mass is 16.5. The van der Waals surface area contributed by atoms with E-state index in [-0.39, 0.29) is 12.1 Å². The summed E-state index contributed by atoms with van der Waals surface area (Å²) >= 11 is 0. The van der Waals surface area contributed by atoms with Crippen molar-refractivity contribution < 1.29 is 9.53 Å². The van der Waals surface area contributed by atoms with Gasteiger partial charge in [0, 0.05) is 33.4 Å². The Bertz CT molecular complexity index is 464. The van der Waals surface area contributed by atoms with Crippen molar-refractivity contribution in [2.75, 3.05) is 38.8 Å². The standard InChI is InChI=1S/C14H22N4O2/c1-11-10-20-7-6-18(11)14(19)16-9-12-4-5-15-13(8-12)17(2)3/h4-5,8,11H,6-7,9-10H2,1-3H3,(H,16,19)/t11-/m0/s1. The Labute approximate surface area is 119 Å². The van der Waals surface area contributed by atoms with Crippen LogP contribution in [0.15, 0.2) is 18.3 Å². The van der Waals surface area contributed by atoms with Crippen LogP contribution in [-0.2, 0) is 11.3 Å². The third-order valence-electron chi connectivity index (χ3n) is 3.34. The fourth-order valence-electron chi connectivity index (χ4n) is 2.12. The molecule has 1 fully saturated rings. The monoisotopic (exact) mass is 278 g/mol. The fourth-order valence-corrected chi connectivity index (χ4v) is 2.12. The van der Waals surface area contributed by atoms with Crippen LogP contribution in [0.5, 0.6) is 0 Å². The highest BCUT2D eigenvalue weighted by Crippen LogP contribution is 2.10. The Morgan fingerprint density at radius 3 is 3.10 bits per heavy atom. The number of aromatic nitrogens is 1. The zero-order chi connectivity index (χ0) is 14.5. The van der Waals surface area contributed by atoms with E-state index in [4.69, 9.17) is 4.74 Å². The van der Waals surface area contributed by atoms with E-state index in [1.165, 1.54) is 0 Å². The van der Waals surface area contributed by atoms with Gasteiger partial charge >= 0.3 is 6.03 Å². The predicted octanol–water partition coefficient (Wildman–Crippen LogP) is 1.08. The lowest BCUT2D eigenvalue weighted by Crippen LogP contribution is -2.51. The fraction of sp³-hybridized carbons (Fsp3) is 0.571. The Morgan fingerprint density at radius 1 is 1.60 bits per heavy atom. The molecule has 1 atom stereocenters. The number of carbonyl (C=O) groups excluding carboxylic acids is 1. The highest BCUT2D eigenvalue weighted by Gasteiger charge is 2.23. The maximum Gasteiger partial charge on any atom is 0.318 e. The quantitative estimate of drug-likeness (QED) is 0.899. The van der Waals surface area contributed by atoms with Gasteiger partial charge in [-0.15, -0.1) is 0 Å². The summed E-state index contributed by atoms with van der Waals surface area (Å²) in [5, 5.41) is 2.95. The second kappa shape index (κ2) is 6.56. The number of amides is 2. The van der Waals surface area contributed by atoms with Crippen molar-refractivity contribution in [2.24, 2.45) is 0 Å². The Hall–Kier alpha value is -1.82. The summed E-state index contributed by atoms with van der Waals surface area (Å²) < 4.78 is 5.33. The molecule has 1 N–H and O–H groups in total. The molecule has 6 nitrogen and oxygen atoms in total. The van der Waals surface area contributed by atoms with Crippen molar-refractivity contribution in [1.29, 1.82) is 0 Å². The van der Waals surface area contributed by atoms with Crippen molar-refractivity contribution in [1.82, 2.24) is 15.2 Å². The second-order valence-electron chi connectivity index (χ2n) is 5.19. The van der Waals surface area contributed by atoms with E-state index in [1.807, 2.05) is 43.0 Å². The van der Waals surface area contributed by atoms with Crippen LogP contribution in [0.1, 0.15) is 12.5 Å². The van der Waals surface area contributed by atoms with Crippen LogP contribution in [0.4, 0.5) is 10.6 Å². The van der Waals surface area contributed by atoms with E-state index < -0.39 is 0 Å². The molecule has 1 saturated heterocycles. The molecule has 2 amide bonds. The van der Waals surface area contributed by atoms with Crippen LogP contribution in [0.3, 0.4) is 0 Å². The lowest BCUT2D eigenvalue weighted by Gasteiger charge is -2.33. The molecule has 0 aliphatic carbocycles. The molecule has 0 unspecified atom stereocenters. The molecule has 1 aliphatic rings. The number of hydrogen-bond donors (Lipinski definition) is 1. The van der Waals surface area contributed by atoms with Crippen LogP contribution in [0.2, 0.25) is 0 Å². The molecule has 110 valence electrons. The van der Waals surface area contributed by atoms with Crippen molar-refractivity contribution in [3.63, 3.8) is 0 Å². The molecule has 6 heteroatoms. The summed E-state index contributed by atoms with van der Waals surface area (Å²) in [6.45, 7) is 4.36. The van der Waals surface area contributed by atoms with Gasteiger partial charge in [-0.05, 0) is 24.6 Å². The largest absolute Gasteiger partial charge is 0.377 e. The number of morpholine rings is 1. The van der Waals surface area contributed by atoms with Crippen molar-refractivity contribution in [3.05, 3.63) is 23.9 Å². The van der Waals surface area contributed by atoms with Gasteiger partial charge in [0.2, 0.25) is 0 Å². The van der Waals surface area contributed by atoms with Gasteiger partial charge in [0.25, 0.3) is 0 Å². The average Bonchev–Trinajstić information content (AvgIpc) is 2.45. The van der Waals surface area contributed by atoms with E-state index in [9.17, 15) is 4.79 Å². The lowest BCUT2D eigenvalue weighted by molar-refractivity contribution is 0.0190. The normalized spacial score (nSPS) is 18.8. The van der Waals surface area contributed by atoms with Crippen LogP contribution in [-0.4, -0.2) is 55.8 Å². The number of ether oxygens (including phenoxy) is 1. The summed E-state index contributed by atoms with van der Waals surface area (Å²) in [5.74, 6) is 0.886. The average molecular weight is 278 g/mol. The minimum absolute atomic E-state index is 0.0379. The minimum atomic E-state index is -0.0379. The van der Waals surface area contributed by atoms with Gasteiger partial charge in [-0.1, -0.05) is 0 Å². The SMILES string of the molecule is C[C@H]1COCCN1C(=O)NCc1ccnc(N(C)C)c1. The van der Waals surface area contributed by atoms with E-state index in [2.05, 4.69) is 10.3 Å². The first-order valence-corrected chi connectivity index (χ1v) is 6.82. The van der Waals surface area contributed by atoms with E-state index >= 15 is 0 Å². The number of urea groups is 1. The van der Waals surface area contributed by atoms with Gasteiger partial charge in [-0.3, -0.25) is 0 Å². The molecule has 0 spiro atoms. The van der Waals surface area contributed by atoms with Crippen molar-refractivity contribution in [2.45, 2.75) is 19.5 Å². The van der Waals surface area contributed by atoms with E-state index in [0.717, 1.165) is 11.4 Å². The molecule has 0 bridgehead atoms. The first kappa shape index (κ1) is 14.6. The first-order chi connectivity index (χ1) is 9.58. The molecule has 2 heterocycles. The molecular formula is C14H22N4O2. The number of hydrogen-bond acceptors (Lipinski definition) is 4. The molecule has 0 saturated carbocycles. The van der Waals surface area contributed by atoms with Gasteiger partial charge in [0.05, 0.1) is 19.3 Å². The van der Waals surface area contributed by atoms with Gasteiger partial charge < -0.3 is 19.9 Å². The predicted molar refractivity (Wildman–Crippen MR) is 77.8 cm³/mol. The van der Waals surface area contributed by atoms with Crippen LogP contribution in [0.25, 0.3) is 0 Å². The Morgan fingerprint density at radius 2 is 2.40 bits per heavy atom. The summed E-state index contributed by atoms with van der Waals surface area (Å²) in [6, 6.07) is 3.97. The summed E-state index contributed by atoms with van der Waals surface area (Å²) in [7, 11) is 3.89. The number of carbonyl (C=O) groups is 1. The third kappa shape index (κ3) is 3.60. The minimum Gasteiger partial charge on any atom is -0.377 e. The Kier molecular flexibility index (Phi) is 4.79. The number of rotatable bonds is 3. The zero-order valence-corrected chi connectivity index (χ0v) is 12.3. The van der Waals surface area contributed by atoms with Crippen molar-refractivity contribution >= 4 is 11.8 Å². The molecule has 1 aliphatic heterocycles. The van der Waals surface area contributed by atoms with E-state index in [1.54, 1.807) is 6.20 Å². The topological polar surface area (TPSA) is 57.7 Å². The maximum atomic E-state index is 12.1. The lowest BCUT2D eigenvalue weighted by atomic mass is 10.2. The molecule has 1 aromatic rings. The van der Waals surface area contributed by atoms with Crippen LogP contribution < -0.4 is 10.2 Å². The first-order valence-electron chi connectivity index (χ1n) is 6.82. The highest BCUT2D eigenvalue weighted by molar-refractivity contribution is 5.74. The smallest absolute Gasteiger partial charge is 0.318 e. The zero-order valence-electron chi connectivity index (χ0n) is 12.3. The Balaban J connectivity index is 1.91.